The summed E-state index contributed by atoms with van der Waals surface area (Å²) in [5.41, 5.74) is 2.52. The smallest absolute Gasteiger partial charge is 0.126 e. The van der Waals surface area contributed by atoms with Gasteiger partial charge >= 0.3 is 0 Å². The van der Waals surface area contributed by atoms with Crippen molar-refractivity contribution in [3.8, 4) is 0 Å². The summed E-state index contributed by atoms with van der Waals surface area (Å²) in [6.07, 6.45) is 0.912. The van der Waals surface area contributed by atoms with Crippen molar-refractivity contribution in [3.63, 3.8) is 0 Å². The van der Waals surface area contributed by atoms with Gasteiger partial charge in [-0.2, -0.15) is 0 Å². The number of rotatable bonds is 4. The van der Waals surface area contributed by atoms with Gasteiger partial charge in [-0.3, -0.25) is 4.39 Å². The first kappa shape index (κ1) is 14.0. The van der Waals surface area contributed by atoms with Crippen LogP contribution in [0.4, 0.5) is 10.1 Å². The molecule has 1 aromatic carbocycles. The van der Waals surface area contributed by atoms with E-state index in [2.05, 4.69) is 24.9 Å². The van der Waals surface area contributed by atoms with Crippen LogP contribution < -0.4 is 5.32 Å². The number of nitrogens with zero attached hydrogens (tertiary/aromatic N) is 1. The van der Waals surface area contributed by atoms with Gasteiger partial charge in [0, 0.05) is 30.5 Å². The zero-order valence-electron chi connectivity index (χ0n) is 11.8. The summed E-state index contributed by atoms with van der Waals surface area (Å²) in [5.74, 6) is 0. The van der Waals surface area contributed by atoms with Crippen LogP contribution in [0.3, 0.4) is 0 Å². The van der Waals surface area contributed by atoms with Crippen molar-refractivity contribution in [3.05, 3.63) is 35.9 Å². The van der Waals surface area contributed by atoms with Gasteiger partial charge in [-0.1, -0.05) is 25.6 Å². The van der Waals surface area contributed by atoms with Crippen LogP contribution in [0.5, 0.6) is 0 Å². The number of aryl methyl sites for hydroxylation is 1. The van der Waals surface area contributed by atoms with Crippen molar-refractivity contribution >= 4 is 19.2 Å². The molecule has 4 heteroatoms. The number of benzene rings is 1. The van der Waals surface area contributed by atoms with Gasteiger partial charge < -0.3 is 10.2 Å². The van der Waals surface area contributed by atoms with Crippen molar-refractivity contribution in [1.82, 2.24) is 4.90 Å². The Balaban J connectivity index is 2.34. The highest BCUT2D eigenvalue weighted by Gasteiger charge is 2.47. The molecule has 0 saturated carbocycles. The van der Waals surface area contributed by atoms with Crippen LogP contribution in [0.25, 0.3) is 5.70 Å². The molecule has 0 aliphatic carbocycles. The van der Waals surface area contributed by atoms with E-state index < -0.39 is 5.57 Å². The Kier molecular flexibility index (Phi) is 3.61. The standard InChI is InChI=1S/C15H20BFN2/c1-5-12-7-6-8-13(18-4)14(12)10(2)19-9-15(16,17)11(19)3/h6-8,11,18H,2,5,9H2,1,3-4H3. The zero-order chi connectivity index (χ0) is 14.2. The Hall–Kier alpha value is -1.45. The number of hydrogen-bond acceptors (Lipinski definition) is 2. The van der Waals surface area contributed by atoms with E-state index in [1.165, 1.54) is 5.56 Å². The molecular formula is C15H20BFN2. The van der Waals surface area contributed by atoms with Crippen molar-refractivity contribution in [1.29, 1.82) is 0 Å². The molecule has 2 nitrogen and oxygen atoms in total. The average Bonchev–Trinajstić information content (AvgIpc) is 2.42. The Labute approximate surface area is 116 Å². The first-order valence-electron chi connectivity index (χ1n) is 6.65. The maximum atomic E-state index is 13.8. The van der Waals surface area contributed by atoms with Gasteiger partial charge in [-0.25, -0.2) is 0 Å². The molecule has 1 aromatic rings. The maximum absolute atomic E-state index is 13.8. The number of nitrogens with one attached hydrogen (secondary N) is 1. The van der Waals surface area contributed by atoms with E-state index in [4.69, 9.17) is 7.85 Å². The summed E-state index contributed by atoms with van der Waals surface area (Å²) < 4.78 is 13.8. The van der Waals surface area contributed by atoms with Crippen LogP contribution in [0.2, 0.25) is 0 Å². The number of alkyl halides is 1. The lowest BCUT2D eigenvalue weighted by atomic mass is 9.70. The monoisotopic (exact) mass is 258 g/mol. The fraction of sp³-hybridized carbons (Fsp3) is 0.467. The molecule has 0 amide bonds. The highest BCUT2D eigenvalue weighted by atomic mass is 19.1. The van der Waals surface area contributed by atoms with Crippen molar-refractivity contribution in [2.45, 2.75) is 31.9 Å². The summed E-state index contributed by atoms with van der Waals surface area (Å²) in [4.78, 5) is 1.93. The zero-order valence-corrected chi connectivity index (χ0v) is 11.8. The minimum absolute atomic E-state index is 0.203. The molecule has 1 heterocycles. The number of hydrogen-bond donors (Lipinski definition) is 1. The molecule has 0 spiro atoms. The lowest BCUT2D eigenvalue weighted by molar-refractivity contribution is 0.0159. The second-order valence-corrected chi connectivity index (χ2v) is 5.12. The average molecular weight is 258 g/mol. The lowest BCUT2D eigenvalue weighted by Crippen LogP contribution is -2.65. The van der Waals surface area contributed by atoms with Gasteiger partial charge in [0.15, 0.2) is 0 Å². The lowest BCUT2D eigenvalue weighted by Gasteiger charge is -2.52. The molecule has 1 aliphatic rings. The molecule has 1 fully saturated rings. The van der Waals surface area contributed by atoms with Crippen LogP contribution in [0, 0.1) is 0 Å². The summed E-state index contributed by atoms with van der Waals surface area (Å²) >= 11 is 0. The summed E-state index contributed by atoms with van der Waals surface area (Å²) in [6.45, 7) is 8.24. The largest absolute Gasteiger partial charge is 0.388 e. The molecule has 19 heavy (non-hydrogen) atoms. The Morgan fingerprint density at radius 2 is 2.32 bits per heavy atom. The van der Waals surface area contributed by atoms with E-state index in [-0.39, 0.29) is 12.6 Å². The Morgan fingerprint density at radius 1 is 1.63 bits per heavy atom. The van der Waals surface area contributed by atoms with Crippen molar-refractivity contribution in [2.75, 3.05) is 18.9 Å². The van der Waals surface area contributed by atoms with Crippen molar-refractivity contribution in [2.24, 2.45) is 0 Å². The van der Waals surface area contributed by atoms with Gasteiger partial charge in [-0.05, 0) is 25.0 Å². The molecule has 0 bridgehead atoms. The van der Waals surface area contributed by atoms with Crippen LogP contribution in [0.15, 0.2) is 24.8 Å². The third kappa shape index (κ3) is 2.24. The minimum Gasteiger partial charge on any atom is -0.388 e. The SMILES string of the molecule is [B]C1(F)CN(C(=C)c2c(CC)cccc2NC)C1C. The molecule has 2 radical (unpaired) electrons. The van der Waals surface area contributed by atoms with Gasteiger partial charge in [-0.15, -0.1) is 0 Å². The molecule has 100 valence electrons. The summed E-state index contributed by atoms with van der Waals surface area (Å²) in [5, 5.41) is 3.18. The van der Waals surface area contributed by atoms with Crippen molar-refractivity contribution < 1.29 is 4.39 Å². The molecule has 2 atom stereocenters. The van der Waals surface area contributed by atoms with E-state index in [1.54, 1.807) is 6.92 Å². The molecule has 2 unspecified atom stereocenters. The molecule has 1 N–H and O–H groups in total. The first-order valence-corrected chi connectivity index (χ1v) is 6.65. The van der Waals surface area contributed by atoms with Crippen LogP contribution in [-0.4, -0.2) is 37.9 Å². The van der Waals surface area contributed by atoms with E-state index in [0.29, 0.717) is 0 Å². The minimum atomic E-state index is -1.61. The third-order valence-electron chi connectivity index (χ3n) is 4.01. The summed E-state index contributed by atoms with van der Waals surface area (Å²) in [6, 6.07) is 5.77. The number of anilines is 1. The second-order valence-electron chi connectivity index (χ2n) is 5.12. The second kappa shape index (κ2) is 4.91. The predicted octanol–water partition coefficient (Wildman–Crippen LogP) is 2.80. The third-order valence-corrected chi connectivity index (χ3v) is 4.01. The van der Waals surface area contributed by atoms with Gasteiger partial charge in [0.1, 0.15) is 13.4 Å². The Bertz CT molecular complexity index is 477. The highest BCUT2D eigenvalue weighted by Crippen LogP contribution is 2.39. The van der Waals surface area contributed by atoms with Crippen LogP contribution in [-0.2, 0) is 6.42 Å². The van der Waals surface area contributed by atoms with E-state index in [0.717, 1.165) is 23.4 Å². The number of likely N-dealkylation sites (tertiary alicyclic amines) is 1. The summed E-state index contributed by atoms with van der Waals surface area (Å²) in [7, 11) is 7.43. The molecule has 1 saturated heterocycles. The first-order chi connectivity index (χ1) is 8.92. The van der Waals surface area contributed by atoms with Crippen LogP contribution >= 0.6 is 0 Å². The fourth-order valence-corrected chi connectivity index (χ4v) is 2.59. The van der Waals surface area contributed by atoms with Crippen LogP contribution in [0.1, 0.15) is 25.0 Å². The topological polar surface area (TPSA) is 15.3 Å². The van der Waals surface area contributed by atoms with E-state index in [9.17, 15) is 4.39 Å². The normalized spacial score (nSPS) is 25.9. The van der Waals surface area contributed by atoms with Gasteiger partial charge in [0.25, 0.3) is 0 Å². The molecule has 0 aromatic heterocycles. The fourth-order valence-electron chi connectivity index (χ4n) is 2.59. The Morgan fingerprint density at radius 3 is 2.79 bits per heavy atom. The van der Waals surface area contributed by atoms with E-state index >= 15 is 0 Å². The predicted molar refractivity (Wildman–Crippen MR) is 80.2 cm³/mol. The molecular weight excluding hydrogens is 238 g/mol. The van der Waals surface area contributed by atoms with Gasteiger partial charge in [0.05, 0.1) is 6.04 Å². The maximum Gasteiger partial charge on any atom is 0.126 e. The highest BCUT2D eigenvalue weighted by molar-refractivity contribution is 6.16. The molecule has 2 rings (SSSR count). The number of halogens is 1. The van der Waals surface area contributed by atoms with E-state index in [1.807, 2.05) is 24.1 Å². The quantitative estimate of drug-likeness (QED) is 0.835. The molecule has 1 aliphatic heterocycles. The van der Waals surface area contributed by atoms with Gasteiger partial charge in [0.2, 0.25) is 0 Å².